The summed E-state index contributed by atoms with van der Waals surface area (Å²) < 4.78 is 32.2. The summed E-state index contributed by atoms with van der Waals surface area (Å²) in [6.07, 6.45) is 2.15. The van der Waals surface area contributed by atoms with E-state index in [1.54, 1.807) is 12.1 Å². The molecule has 0 saturated heterocycles. The standard InChI is InChI=1S/C23H20F2O2/c1-3-4-16-5-7-17(8-6-16)18-9-11-19(12-10-18)23(26)27-20-13-21(24)15(2)22(25)14-20/h5-14H,3-4H2,1-2H3. The van der Waals surface area contributed by atoms with Crippen LogP contribution >= 0.6 is 0 Å². The Morgan fingerprint density at radius 1 is 0.889 bits per heavy atom. The van der Waals surface area contributed by atoms with Crippen molar-refractivity contribution >= 4 is 5.97 Å². The molecule has 0 amide bonds. The van der Waals surface area contributed by atoms with Gasteiger partial charge in [0.25, 0.3) is 0 Å². The lowest BCUT2D eigenvalue weighted by molar-refractivity contribution is 0.0734. The predicted octanol–water partition coefficient (Wildman–Crippen LogP) is 6.11. The molecule has 27 heavy (non-hydrogen) atoms. The van der Waals surface area contributed by atoms with Crippen LogP contribution in [0.25, 0.3) is 11.1 Å². The quantitative estimate of drug-likeness (QED) is 0.402. The highest BCUT2D eigenvalue weighted by molar-refractivity contribution is 5.91. The Bertz CT molecular complexity index is 922. The molecule has 0 aliphatic rings. The van der Waals surface area contributed by atoms with Crippen LogP contribution in [0.2, 0.25) is 0 Å². The van der Waals surface area contributed by atoms with Crippen molar-refractivity contribution in [2.24, 2.45) is 0 Å². The van der Waals surface area contributed by atoms with Crippen LogP contribution in [-0.2, 0) is 6.42 Å². The molecule has 4 heteroatoms. The van der Waals surface area contributed by atoms with Gasteiger partial charge < -0.3 is 4.74 Å². The largest absolute Gasteiger partial charge is 0.423 e. The molecule has 0 N–H and O–H groups in total. The summed E-state index contributed by atoms with van der Waals surface area (Å²) in [5.41, 5.74) is 3.52. The van der Waals surface area contributed by atoms with Crippen molar-refractivity contribution in [1.29, 1.82) is 0 Å². The Morgan fingerprint density at radius 3 is 1.93 bits per heavy atom. The van der Waals surface area contributed by atoms with Crippen LogP contribution in [0, 0.1) is 18.6 Å². The van der Waals surface area contributed by atoms with Crippen molar-refractivity contribution in [2.45, 2.75) is 26.7 Å². The van der Waals surface area contributed by atoms with Crippen LogP contribution in [0.5, 0.6) is 5.75 Å². The molecule has 0 fully saturated rings. The fourth-order valence-electron chi connectivity index (χ4n) is 2.80. The van der Waals surface area contributed by atoms with Gasteiger partial charge in [-0.1, -0.05) is 49.7 Å². The molecule has 0 aliphatic carbocycles. The Kier molecular flexibility index (Phi) is 5.65. The lowest BCUT2D eigenvalue weighted by Crippen LogP contribution is -2.09. The number of aryl methyl sites for hydroxylation is 1. The minimum absolute atomic E-state index is 0.107. The maximum atomic E-state index is 13.6. The Labute approximate surface area is 157 Å². The monoisotopic (exact) mass is 366 g/mol. The van der Waals surface area contributed by atoms with E-state index in [0.717, 1.165) is 36.1 Å². The molecule has 138 valence electrons. The summed E-state index contributed by atoms with van der Waals surface area (Å²) in [5, 5.41) is 0. The van der Waals surface area contributed by atoms with Gasteiger partial charge in [0.2, 0.25) is 0 Å². The van der Waals surface area contributed by atoms with Crippen molar-refractivity contribution in [1.82, 2.24) is 0 Å². The second-order valence-electron chi connectivity index (χ2n) is 6.43. The first-order chi connectivity index (χ1) is 13.0. The molecule has 0 spiro atoms. The van der Waals surface area contributed by atoms with Gasteiger partial charge in [-0.3, -0.25) is 0 Å². The minimum Gasteiger partial charge on any atom is -0.423 e. The molecule has 3 aromatic carbocycles. The van der Waals surface area contributed by atoms with Gasteiger partial charge in [-0.15, -0.1) is 0 Å². The third-order valence-corrected chi connectivity index (χ3v) is 4.41. The number of carbonyl (C=O) groups excluding carboxylic acids is 1. The van der Waals surface area contributed by atoms with Gasteiger partial charge in [0, 0.05) is 17.7 Å². The number of benzene rings is 3. The average Bonchev–Trinajstić information content (AvgIpc) is 2.67. The van der Waals surface area contributed by atoms with Crippen LogP contribution in [0.1, 0.15) is 34.8 Å². The highest BCUT2D eigenvalue weighted by Crippen LogP contribution is 2.23. The van der Waals surface area contributed by atoms with Crippen LogP contribution in [-0.4, -0.2) is 5.97 Å². The number of esters is 1. The number of hydrogen-bond donors (Lipinski definition) is 0. The summed E-state index contributed by atoms with van der Waals surface area (Å²) in [4.78, 5) is 12.2. The molecule has 0 aromatic heterocycles. The van der Waals surface area contributed by atoms with Crippen molar-refractivity contribution in [2.75, 3.05) is 0 Å². The molecule has 0 saturated carbocycles. The molecule has 3 rings (SSSR count). The van der Waals surface area contributed by atoms with E-state index < -0.39 is 17.6 Å². The molecule has 2 nitrogen and oxygen atoms in total. The summed E-state index contributed by atoms with van der Waals surface area (Å²) in [7, 11) is 0. The van der Waals surface area contributed by atoms with E-state index >= 15 is 0 Å². The third-order valence-electron chi connectivity index (χ3n) is 4.41. The fraction of sp³-hybridized carbons (Fsp3) is 0.174. The maximum Gasteiger partial charge on any atom is 0.343 e. The number of rotatable bonds is 5. The lowest BCUT2D eigenvalue weighted by atomic mass is 10.0. The smallest absolute Gasteiger partial charge is 0.343 e. The highest BCUT2D eigenvalue weighted by Gasteiger charge is 2.13. The van der Waals surface area contributed by atoms with Crippen LogP contribution in [0.3, 0.4) is 0 Å². The molecule has 3 aromatic rings. The van der Waals surface area contributed by atoms with E-state index in [2.05, 4.69) is 31.2 Å². The second kappa shape index (κ2) is 8.12. The van der Waals surface area contributed by atoms with E-state index in [9.17, 15) is 13.6 Å². The van der Waals surface area contributed by atoms with Gasteiger partial charge in [-0.05, 0) is 42.2 Å². The minimum atomic E-state index is -0.750. The van der Waals surface area contributed by atoms with E-state index in [0.29, 0.717) is 5.56 Å². The van der Waals surface area contributed by atoms with Crippen molar-refractivity contribution in [3.63, 3.8) is 0 Å². The molecule has 0 atom stereocenters. The van der Waals surface area contributed by atoms with Gasteiger partial charge in [0.15, 0.2) is 0 Å². The summed E-state index contributed by atoms with van der Waals surface area (Å²) in [6, 6.07) is 17.2. The van der Waals surface area contributed by atoms with Crippen molar-refractivity contribution < 1.29 is 18.3 Å². The molecule has 0 unspecified atom stereocenters. The van der Waals surface area contributed by atoms with Crippen LogP contribution in [0.4, 0.5) is 8.78 Å². The Balaban J connectivity index is 1.73. The van der Waals surface area contributed by atoms with Crippen molar-refractivity contribution in [3.05, 3.63) is 89.0 Å². The molecule has 0 radical (unpaired) electrons. The third kappa shape index (κ3) is 4.40. The van der Waals surface area contributed by atoms with Gasteiger partial charge in [-0.25, -0.2) is 13.6 Å². The zero-order valence-corrected chi connectivity index (χ0v) is 15.3. The first-order valence-electron chi connectivity index (χ1n) is 8.85. The molecular weight excluding hydrogens is 346 g/mol. The molecule has 0 heterocycles. The molecule has 0 bridgehead atoms. The average molecular weight is 366 g/mol. The second-order valence-corrected chi connectivity index (χ2v) is 6.43. The first-order valence-corrected chi connectivity index (χ1v) is 8.85. The topological polar surface area (TPSA) is 26.3 Å². The Morgan fingerprint density at radius 2 is 1.41 bits per heavy atom. The van der Waals surface area contributed by atoms with E-state index in [4.69, 9.17) is 4.74 Å². The number of carbonyl (C=O) groups is 1. The zero-order chi connectivity index (χ0) is 19.4. The number of ether oxygens (including phenoxy) is 1. The maximum absolute atomic E-state index is 13.6. The Hall–Kier alpha value is -3.01. The summed E-state index contributed by atoms with van der Waals surface area (Å²) in [5.74, 6) is -2.32. The molecule has 0 aliphatic heterocycles. The van der Waals surface area contributed by atoms with Gasteiger partial charge >= 0.3 is 5.97 Å². The van der Waals surface area contributed by atoms with Crippen LogP contribution in [0.15, 0.2) is 60.7 Å². The van der Waals surface area contributed by atoms with Gasteiger partial charge in [-0.2, -0.15) is 0 Å². The summed E-state index contributed by atoms with van der Waals surface area (Å²) in [6.45, 7) is 3.47. The summed E-state index contributed by atoms with van der Waals surface area (Å²) >= 11 is 0. The highest BCUT2D eigenvalue weighted by atomic mass is 19.1. The van der Waals surface area contributed by atoms with Gasteiger partial charge in [0.05, 0.1) is 5.56 Å². The molecular formula is C23H20F2O2. The van der Waals surface area contributed by atoms with E-state index in [1.165, 1.54) is 12.5 Å². The number of halogens is 2. The van der Waals surface area contributed by atoms with Gasteiger partial charge in [0.1, 0.15) is 17.4 Å². The normalized spacial score (nSPS) is 10.7. The lowest BCUT2D eigenvalue weighted by Gasteiger charge is -2.08. The van der Waals surface area contributed by atoms with E-state index in [1.807, 2.05) is 12.1 Å². The zero-order valence-electron chi connectivity index (χ0n) is 15.3. The first kappa shape index (κ1) is 18.8. The number of hydrogen-bond acceptors (Lipinski definition) is 2. The SMILES string of the molecule is CCCc1ccc(-c2ccc(C(=O)Oc3cc(F)c(C)c(F)c3)cc2)cc1. The fourth-order valence-corrected chi connectivity index (χ4v) is 2.80. The van der Waals surface area contributed by atoms with E-state index in [-0.39, 0.29) is 11.3 Å². The predicted molar refractivity (Wildman–Crippen MR) is 102 cm³/mol. The van der Waals surface area contributed by atoms with Crippen molar-refractivity contribution in [3.8, 4) is 16.9 Å². The van der Waals surface area contributed by atoms with Crippen LogP contribution < -0.4 is 4.74 Å².